The SMILES string of the molecule is FCC(F)(F)CCI. The molecular weight excluding hydrogens is 232 g/mol. The average Bonchev–Trinajstić information content (AvgIpc) is 1.67. The van der Waals surface area contributed by atoms with Gasteiger partial charge in [-0.05, 0) is 0 Å². The zero-order valence-corrected chi connectivity index (χ0v) is 6.29. The summed E-state index contributed by atoms with van der Waals surface area (Å²) in [7, 11) is 0. The molecular formula is C4H6F3I. The molecule has 50 valence electrons. The fourth-order valence-corrected chi connectivity index (χ4v) is 0.994. The predicted octanol–water partition coefficient (Wildman–Crippen LogP) is 2.42. The second-order valence-corrected chi connectivity index (χ2v) is 2.51. The lowest BCUT2D eigenvalue weighted by molar-refractivity contribution is -0.0238. The largest absolute Gasteiger partial charge is 0.276 e. The van der Waals surface area contributed by atoms with Crippen molar-refractivity contribution in [2.45, 2.75) is 12.3 Å². The zero-order chi connectivity index (χ0) is 6.62. The molecule has 0 unspecified atom stereocenters. The van der Waals surface area contributed by atoms with Gasteiger partial charge >= 0.3 is 0 Å². The first kappa shape index (κ1) is 8.52. The van der Waals surface area contributed by atoms with Crippen molar-refractivity contribution in [3.63, 3.8) is 0 Å². The van der Waals surface area contributed by atoms with Crippen LogP contribution in [0.3, 0.4) is 0 Å². The molecule has 0 atom stereocenters. The Bertz CT molecular complexity index is 64.3. The number of rotatable bonds is 3. The van der Waals surface area contributed by atoms with Crippen molar-refractivity contribution < 1.29 is 13.2 Å². The molecule has 0 bridgehead atoms. The van der Waals surface area contributed by atoms with Gasteiger partial charge in [-0.2, -0.15) is 0 Å². The highest BCUT2D eigenvalue weighted by Gasteiger charge is 2.27. The minimum absolute atomic E-state index is 0.300. The monoisotopic (exact) mass is 238 g/mol. The molecule has 0 nitrogen and oxygen atoms in total. The molecule has 0 aliphatic carbocycles. The van der Waals surface area contributed by atoms with Crippen LogP contribution in [-0.2, 0) is 0 Å². The van der Waals surface area contributed by atoms with Crippen LogP contribution in [0.4, 0.5) is 13.2 Å². The summed E-state index contributed by atoms with van der Waals surface area (Å²) in [6, 6.07) is 0. The highest BCUT2D eigenvalue weighted by atomic mass is 127. The Morgan fingerprint density at radius 3 is 2.00 bits per heavy atom. The van der Waals surface area contributed by atoms with Gasteiger partial charge in [-0.15, -0.1) is 0 Å². The summed E-state index contributed by atoms with van der Waals surface area (Å²) >= 11 is 1.79. The number of halogens is 4. The molecule has 0 aromatic rings. The van der Waals surface area contributed by atoms with Crippen molar-refractivity contribution in [3.05, 3.63) is 0 Å². The molecule has 0 radical (unpaired) electrons. The lowest BCUT2D eigenvalue weighted by atomic mass is 10.3. The minimum atomic E-state index is -3.08. The van der Waals surface area contributed by atoms with E-state index in [-0.39, 0.29) is 6.42 Å². The third-order valence-electron chi connectivity index (χ3n) is 0.656. The van der Waals surface area contributed by atoms with Crippen LogP contribution in [0.15, 0.2) is 0 Å². The van der Waals surface area contributed by atoms with Crippen molar-refractivity contribution >= 4 is 22.6 Å². The Morgan fingerprint density at radius 1 is 1.38 bits per heavy atom. The standard InChI is InChI=1S/C4H6F3I/c5-3-4(6,7)1-2-8/h1-3H2. The van der Waals surface area contributed by atoms with E-state index in [0.717, 1.165) is 0 Å². The second-order valence-electron chi connectivity index (χ2n) is 1.43. The van der Waals surface area contributed by atoms with Crippen molar-refractivity contribution in [3.8, 4) is 0 Å². The van der Waals surface area contributed by atoms with Gasteiger partial charge in [0.25, 0.3) is 5.92 Å². The summed E-state index contributed by atoms with van der Waals surface area (Å²) in [6.45, 7) is -1.53. The van der Waals surface area contributed by atoms with E-state index in [1.54, 1.807) is 22.6 Å². The van der Waals surface area contributed by atoms with Crippen LogP contribution >= 0.6 is 22.6 Å². The first-order chi connectivity index (χ1) is 3.62. The average molecular weight is 238 g/mol. The lowest BCUT2D eigenvalue weighted by Crippen LogP contribution is -2.18. The summed E-state index contributed by atoms with van der Waals surface area (Å²) in [4.78, 5) is 0. The molecule has 4 heteroatoms. The van der Waals surface area contributed by atoms with Crippen LogP contribution in [0.25, 0.3) is 0 Å². The van der Waals surface area contributed by atoms with E-state index in [9.17, 15) is 13.2 Å². The van der Waals surface area contributed by atoms with Crippen molar-refractivity contribution in [2.24, 2.45) is 0 Å². The molecule has 0 N–H and O–H groups in total. The Labute approximate surface area is 59.6 Å². The molecule has 0 heterocycles. The maximum Gasteiger partial charge on any atom is 0.276 e. The van der Waals surface area contributed by atoms with Gasteiger partial charge in [-0.25, -0.2) is 13.2 Å². The lowest BCUT2D eigenvalue weighted by Gasteiger charge is -2.07. The normalized spacial score (nSPS) is 12.0. The summed E-state index contributed by atoms with van der Waals surface area (Å²) in [5.41, 5.74) is 0. The van der Waals surface area contributed by atoms with E-state index in [4.69, 9.17) is 0 Å². The maximum atomic E-state index is 11.8. The summed E-state index contributed by atoms with van der Waals surface area (Å²) < 4.78 is 35.1. The van der Waals surface area contributed by atoms with Crippen molar-refractivity contribution in [1.82, 2.24) is 0 Å². The van der Waals surface area contributed by atoms with E-state index >= 15 is 0 Å². The highest BCUT2D eigenvalue weighted by Crippen LogP contribution is 2.19. The van der Waals surface area contributed by atoms with Gasteiger partial charge in [0.15, 0.2) is 6.67 Å². The molecule has 0 aliphatic rings. The summed E-state index contributed by atoms with van der Waals surface area (Å²) in [6.07, 6.45) is -0.357. The fraction of sp³-hybridized carbons (Fsp3) is 1.00. The van der Waals surface area contributed by atoms with Crippen molar-refractivity contribution in [1.29, 1.82) is 0 Å². The summed E-state index contributed by atoms with van der Waals surface area (Å²) in [5, 5.41) is 0. The Kier molecular flexibility index (Phi) is 3.76. The minimum Gasteiger partial charge on any atom is -0.244 e. The molecule has 0 amide bonds. The molecule has 0 aliphatic heterocycles. The predicted molar refractivity (Wildman–Crippen MR) is 34.4 cm³/mol. The fourth-order valence-electron chi connectivity index (χ4n) is 0.205. The Balaban J connectivity index is 3.37. The van der Waals surface area contributed by atoms with Gasteiger partial charge in [0, 0.05) is 10.8 Å². The van der Waals surface area contributed by atoms with Gasteiger partial charge < -0.3 is 0 Å². The molecule has 0 saturated carbocycles. The van der Waals surface area contributed by atoms with E-state index in [1.807, 2.05) is 0 Å². The first-order valence-corrected chi connectivity index (χ1v) is 3.65. The molecule has 0 spiro atoms. The number of hydrogen-bond donors (Lipinski definition) is 0. The molecule has 0 rings (SSSR count). The van der Waals surface area contributed by atoms with E-state index in [2.05, 4.69) is 0 Å². The van der Waals surface area contributed by atoms with Crippen LogP contribution in [-0.4, -0.2) is 17.0 Å². The molecule has 0 aromatic heterocycles. The first-order valence-electron chi connectivity index (χ1n) is 2.12. The van der Waals surface area contributed by atoms with E-state index < -0.39 is 12.6 Å². The molecule has 0 fully saturated rings. The van der Waals surface area contributed by atoms with Gasteiger partial charge in [-0.1, -0.05) is 22.6 Å². The van der Waals surface area contributed by atoms with Crippen molar-refractivity contribution in [2.75, 3.05) is 11.1 Å². The van der Waals surface area contributed by atoms with Crippen LogP contribution in [0.5, 0.6) is 0 Å². The molecule has 0 aromatic carbocycles. The molecule has 0 saturated heterocycles. The van der Waals surface area contributed by atoms with Gasteiger partial charge in [0.1, 0.15) is 0 Å². The quantitative estimate of drug-likeness (QED) is 0.523. The number of alkyl halides is 4. The smallest absolute Gasteiger partial charge is 0.244 e. The Hall–Kier alpha value is 0.520. The van der Waals surface area contributed by atoms with Gasteiger partial charge in [-0.3, -0.25) is 0 Å². The van der Waals surface area contributed by atoms with E-state index in [1.165, 1.54) is 0 Å². The van der Waals surface area contributed by atoms with Gasteiger partial charge in [0.2, 0.25) is 0 Å². The zero-order valence-electron chi connectivity index (χ0n) is 4.13. The van der Waals surface area contributed by atoms with Crippen LogP contribution in [0.1, 0.15) is 6.42 Å². The number of hydrogen-bond acceptors (Lipinski definition) is 0. The highest BCUT2D eigenvalue weighted by molar-refractivity contribution is 14.1. The maximum absolute atomic E-state index is 11.8. The molecule has 8 heavy (non-hydrogen) atoms. The van der Waals surface area contributed by atoms with Crippen LogP contribution in [0.2, 0.25) is 0 Å². The third kappa shape index (κ3) is 3.51. The van der Waals surface area contributed by atoms with Crippen LogP contribution < -0.4 is 0 Å². The van der Waals surface area contributed by atoms with Gasteiger partial charge in [0.05, 0.1) is 0 Å². The van der Waals surface area contributed by atoms with Crippen LogP contribution in [0, 0.1) is 0 Å². The Morgan fingerprint density at radius 2 is 1.88 bits per heavy atom. The summed E-state index contributed by atoms with van der Waals surface area (Å²) in [5.74, 6) is -3.08. The topological polar surface area (TPSA) is 0 Å². The van der Waals surface area contributed by atoms with E-state index in [0.29, 0.717) is 4.43 Å². The third-order valence-corrected chi connectivity index (χ3v) is 1.20. The second kappa shape index (κ2) is 3.53.